The molecular weight excluding hydrogens is 296 g/mol. The third-order valence-corrected chi connectivity index (χ3v) is 5.12. The van der Waals surface area contributed by atoms with Crippen LogP contribution < -0.4 is 0 Å². The van der Waals surface area contributed by atoms with Gasteiger partial charge in [-0.05, 0) is 25.2 Å². The van der Waals surface area contributed by atoms with E-state index in [0.29, 0.717) is 12.1 Å². The second kappa shape index (κ2) is 5.33. The molecular formula is C16H18N4O3. The van der Waals surface area contributed by atoms with Gasteiger partial charge in [0.15, 0.2) is 11.3 Å². The van der Waals surface area contributed by atoms with E-state index in [1.54, 1.807) is 34.1 Å². The minimum atomic E-state index is -0.928. The van der Waals surface area contributed by atoms with Crippen LogP contribution in [0.3, 0.4) is 0 Å². The van der Waals surface area contributed by atoms with Gasteiger partial charge in [-0.3, -0.25) is 4.79 Å². The molecule has 1 N–H and O–H groups in total. The van der Waals surface area contributed by atoms with Gasteiger partial charge in [0, 0.05) is 30.8 Å². The van der Waals surface area contributed by atoms with Crippen LogP contribution in [-0.4, -0.2) is 48.3 Å². The second-order valence-electron chi connectivity index (χ2n) is 6.35. The Morgan fingerprint density at radius 2 is 1.87 bits per heavy atom. The lowest BCUT2D eigenvalue weighted by Gasteiger charge is -2.32. The van der Waals surface area contributed by atoms with Crippen molar-refractivity contribution in [1.29, 1.82) is 0 Å². The Bertz CT molecular complexity index is 772. The molecule has 3 atom stereocenters. The Hall–Kier alpha value is -2.44. The summed E-state index contributed by atoms with van der Waals surface area (Å²) in [6.45, 7) is 0. The SMILES string of the molecule is O=C(O)C1CC2CCCCC2N1C(=O)c1nccn2ccnc12. The first-order valence-corrected chi connectivity index (χ1v) is 8.00. The van der Waals surface area contributed by atoms with Gasteiger partial charge >= 0.3 is 5.97 Å². The van der Waals surface area contributed by atoms with Crippen molar-refractivity contribution in [3.63, 3.8) is 0 Å². The Labute approximate surface area is 133 Å². The zero-order valence-corrected chi connectivity index (χ0v) is 12.6. The maximum atomic E-state index is 13.1. The van der Waals surface area contributed by atoms with Crippen LogP contribution in [0.25, 0.3) is 5.65 Å². The molecule has 2 aromatic rings. The van der Waals surface area contributed by atoms with E-state index < -0.39 is 12.0 Å². The van der Waals surface area contributed by atoms with Gasteiger partial charge in [-0.25, -0.2) is 14.8 Å². The molecule has 1 aliphatic heterocycles. The standard InChI is InChI=1S/C16H18N4O3/c21-15(13-14-18-6-8-19(14)7-5-17-13)20-11-4-2-1-3-10(11)9-12(20)16(22)23/h5-8,10-12H,1-4,9H2,(H,22,23). The fraction of sp³-hybridized carbons (Fsp3) is 0.500. The fourth-order valence-corrected chi connectivity index (χ4v) is 4.10. The molecule has 120 valence electrons. The van der Waals surface area contributed by atoms with Gasteiger partial charge in [-0.2, -0.15) is 0 Å². The van der Waals surface area contributed by atoms with Crippen molar-refractivity contribution in [3.05, 3.63) is 30.5 Å². The number of amides is 1. The molecule has 1 saturated carbocycles. The van der Waals surface area contributed by atoms with Crippen LogP contribution in [0, 0.1) is 5.92 Å². The average molecular weight is 314 g/mol. The summed E-state index contributed by atoms with van der Waals surface area (Å²) in [5, 5.41) is 9.56. The number of likely N-dealkylation sites (tertiary alicyclic amines) is 1. The van der Waals surface area contributed by atoms with Crippen LogP contribution in [0.2, 0.25) is 0 Å². The molecule has 0 radical (unpaired) electrons. The van der Waals surface area contributed by atoms with Crippen LogP contribution in [0.5, 0.6) is 0 Å². The number of hydrogen-bond donors (Lipinski definition) is 1. The number of aromatic nitrogens is 3. The van der Waals surface area contributed by atoms with Crippen LogP contribution in [0.4, 0.5) is 0 Å². The zero-order chi connectivity index (χ0) is 16.0. The summed E-state index contributed by atoms with van der Waals surface area (Å²) in [6.07, 6.45) is 11.2. The van der Waals surface area contributed by atoms with Gasteiger partial charge in [0.25, 0.3) is 5.91 Å². The Morgan fingerprint density at radius 1 is 1.13 bits per heavy atom. The highest BCUT2D eigenvalue weighted by Gasteiger charge is 2.48. The van der Waals surface area contributed by atoms with Gasteiger partial charge in [-0.15, -0.1) is 0 Å². The first kappa shape index (κ1) is 14.2. The van der Waals surface area contributed by atoms with Crippen LogP contribution in [0.1, 0.15) is 42.6 Å². The molecule has 3 heterocycles. The topological polar surface area (TPSA) is 87.8 Å². The summed E-state index contributed by atoms with van der Waals surface area (Å²) in [6, 6.07) is -0.748. The number of carboxylic acids is 1. The summed E-state index contributed by atoms with van der Waals surface area (Å²) < 4.78 is 1.73. The predicted molar refractivity (Wildman–Crippen MR) is 80.9 cm³/mol. The maximum absolute atomic E-state index is 13.1. The lowest BCUT2D eigenvalue weighted by atomic mass is 9.84. The molecule has 1 amide bonds. The van der Waals surface area contributed by atoms with Crippen LogP contribution >= 0.6 is 0 Å². The number of carbonyl (C=O) groups excluding carboxylic acids is 1. The number of nitrogens with zero attached hydrogens (tertiary/aromatic N) is 4. The van der Waals surface area contributed by atoms with E-state index >= 15 is 0 Å². The summed E-state index contributed by atoms with van der Waals surface area (Å²) in [5.74, 6) is -0.958. The van der Waals surface area contributed by atoms with Crippen molar-refractivity contribution >= 4 is 17.5 Å². The summed E-state index contributed by atoms with van der Waals surface area (Å²) in [7, 11) is 0. The highest BCUT2D eigenvalue weighted by Crippen LogP contribution is 2.40. The molecule has 1 saturated heterocycles. The number of fused-ring (bicyclic) bond motifs is 2. The van der Waals surface area contributed by atoms with Gasteiger partial charge in [-0.1, -0.05) is 12.8 Å². The first-order chi connectivity index (χ1) is 11.2. The van der Waals surface area contributed by atoms with E-state index in [4.69, 9.17) is 0 Å². The normalized spacial score (nSPS) is 27.1. The fourth-order valence-electron chi connectivity index (χ4n) is 4.10. The van der Waals surface area contributed by atoms with E-state index in [1.165, 1.54) is 0 Å². The minimum Gasteiger partial charge on any atom is -0.480 e. The Morgan fingerprint density at radius 3 is 2.65 bits per heavy atom. The lowest BCUT2D eigenvalue weighted by molar-refractivity contribution is -0.141. The number of carbonyl (C=O) groups is 2. The largest absolute Gasteiger partial charge is 0.480 e. The average Bonchev–Trinajstić information content (AvgIpc) is 3.18. The molecule has 23 heavy (non-hydrogen) atoms. The second-order valence-corrected chi connectivity index (χ2v) is 6.35. The monoisotopic (exact) mass is 314 g/mol. The highest BCUT2D eigenvalue weighted by atomic mass is 16.4. The van der Waals surface area contributed by atoms with Crippen molar-refractivity contribution in [2.75, 3.05) is 0 Å². The van der Waals surface area contributed by atoms with Crippen LogP contribution in [-0.2, 0) is 4.79 Å². The molecule has 0 aromatic carbocycles. The molecule has 1 aliphatic carbocycles. The van der Waals surface area contributed by atoms with Crippen molar-refractivity contribution in [2.24, 2.45) is 5.92 Å². The summed E-state index contributed by atoms with van der Waals surface area (Å²) in [5.41, 5.74) is 0.705. The number of rotatable bonds is 2. The van der Waals surface area contributed by atoms with E-state index in [9.17, 15) is 14.7 Å². The number of carboxylic acid groups (broad SMARTS) is 1. The first-order valence-electron chi connectivity index (χ1n) is 8.00. The molecule has 3 unspecified atom stereocenters. The molecule has 2 aliphatic rings. The third-order valence-electron chi connectivity index (χ3n) is 5.12. The van der Waals surface area contributed by atoms with E-state index in [1.807, 2.05) is 0 Å². The summed E-state index contributed by atoms with van der Waals surface area (Å²) >= 11 is 0. The van der Waals surface area contributed by atoms with E-state index in [2.05, 4.69) is 9.97 Å². The van der Waals surface area contributed by atoms with Gasteiger partial charge < -0.3 is 14.4 Å². The number of imidazole rings is 1. The zero-order valence-electron chi connectivity index (χ0n) is 12.6. The summed E-state index contributed by atoms with van der Waals surface area (Å²) in [4.78, 5) is 34.7. The van der Waals surface area contributed by atoms with Crippen molar-refractivity contribution in [2.45, 2.75) is 44.2 Å². The van der Waals surface area contributed by atoms with E-state index in [-0.39, 0.29) is 23.6 Å². The molecule has 2 fully saturated rings. The Balaban J connectivity index is 1.75. The van der Waals surface area contributed by atoms with Crippen molar-refractivity contribution < 1.29 is 14.7 Å². The maximum Gasteiger partial charge on any atom is 0.326 e. The Kier molecular flexibility index (Phi) is 3.28. The lowest BCUT2D eigenvalue weighted by Crippen LogP contribution is -2.46. The molecule has 2 aromatic heterocycles. The van der Waals surface area contributed by atoms with Gasteiger partial charge in [0.1, 0.15) is 6.04 Å². The molecule has 7 heteroatoms. The highest BCUT2D eigenvalue weighted by molar-refractivity contribution is 6.00. The molecule has 0 bridgehead atoms. The van der Waals surface area contributed by atoms with Crippen molar-refractivity contribution in [3.8, 4) is 0 Å². The predicted octanol–water partition coefficient (Wildman–Crippen LogP) is 1.59. The number of hydrogen-bond acceptors (Lipinski definition) is 4. The molecule has 4 rings (SSSR count). The molecule has 7 nitrogen and oxygen atoms in total. The van der Waals surface area contributed by atoms with Gasteiger partial charge in [0.05, 0.1) is 0 Å². The van der Waals surface area contributed by atoms with Crippen LogP contribution in [0.15, 0.2) is 24.8 Å². The quantitative estimate of drug-likeness (QED) is 0.909. The third kappa shape index (κ3) is 2.18. The smallest absolute Gasteiger partial charge is 0.326 e. The van der Waals surface area contributed by atoms with Gasteiger partial charge in [0.2, 0.25) is 0 Å². The minimum absolute atomic E-state index is 0.00867. The molecule has 0 spiro atoms. The van der Waals surface area contributed by atoms with Crippen molar-refractivity contribution in [1.82, 2.24) is 19.3 Å². The van der Waals surface area contributed by atoms with E-state index in [0.717, 1.165) is 25.7 Å². The number of aliphatic carboxylic acids is 1.